The summed E-state index contributed by atoms with van der Waals surface area (Å²) >= 11 is 0. The van der Waals surface area contributed by atoms with E-state index in [0.717, 1.165) is 5.52 Å². The number of nitrogens with zero attached hydrogens (tertiary/aromatic N) is 3. The number of carbonyl (C=O) groups excluding carboxylic acids is 2. The van der Waals surface area contributed by atoms with E-state index in [9.17, 15) is 9.59 Å². The van der Waals surface area contributed by atoms with Crippen LogP contribution in [-0.4, -0.2) is 40.0 Å². The van der Waals surface area contributed by atoms with Gasteiger partial charge in [0.2, 0.25) is 0 Å². The van der Waals surface area contributed by atoms with Crippen molar-refractivity contribution in [3.05, 3.63) is 53.6 Å². The molecule has 0 atom stereocenters. The maximum Gasteiger partial charge on any atom is 0.338 e. The fourth-order valence-electron chi connectivity index (χ4n) is 2.53. The third kappa shape index (κ3) is 3.72. The smallest absolute Gasteiger partial charge is 0.338 e. The van der Waals surface area contributed by atoms with Gasteiger partial charge in [-0.25, -0.2) is 9.48 Å². The van der Waals surface area contributed by atoms with Gasteiger partial charge in [-0.15, -0.1) is 5.10 Å². The van der Waals surface area contributed by atoms with E-state index in [-0.39, 0.29) is 12.4 Å². The van der Waals surface area contributed by atoms with Crippen molar-refractivity contribution >= 4 is 22.8 Å². The highest BCUT2D eigenvalue weighted by Crippen LogP contribution is 2.15. The number of rotatable bonds is 7. The second-order valence-corrected chi connectivity index (χ2v) is 5.57. The van der Waals surface area contributed by atoms with Crippen molar-refractivity contribution in [1.82, 2.24) is 15.0 Å². The van der Waals surface area contributed by atoms with Crippen molar-refractivity contribution in [1.29, 1.82) is 0 Å². The van der Waals surface area contributed by atoms with Crippen LogP contribution >= 0.6 is 0 Å². The second kappa shape index (κ2) is 7.77. The number of esters is 1. The van der Waals surface area contributed by atoms with Crippen molar-refractivity contribution in [2.45, 2.75) is 20.4 Å². The van der Waals surface area contributed by atoms with E-state index < -0.39 is 5.97 Å². The van der Waals surface area contributed by atoms with Gasteiger partial charge in [0.25, 0.3) is 0 Å². The molecule has 1 heterocycles. The van der Waals surface area contributed by atoms with Gasteiger partial charge in [0, 0.05) is 12.1 Å². The van der Waals surface area contributed by atoms with Gasteiger partial charge in [0.05, 0.1) is 17.7 Å². The fraction of sp³-hybridized carbons (Fsp3) is 0.263. The first-order chi connectivity index (χ1) is 12.6. The molecule has 7 heteroatoms. The summed E-state index contributed by atoms with van der Waals surface area (Å²) in [7, 11) is 0. The van der Waals surface area contributed by atoms with Gasteiger partial charge in [-0.2, -0.15) is 0 Å². The molecule has 3 aromatic rings. The van der Waals surface area contributed by atoms with E-state index >= 15 is 0 Å². The van der Waals surface area contributed by atoms with Gasteiger partial charge >= 0.3 is 5.97 Å². The summed E-state index contributed by atoms with van der Waals surface area (Å²) < 4.78 is 12.2. The first-order valence-corrected chi connectivity index (χ1v) is 8.38. The molecule has 0 saturated carbocycles. The Morgan fingerprint density at radius 3 is 2.46 bits per heavy atom. The van der Waals surface area contributed by atoms with Crippen LogP contribution in [0.5, 0.6) is 5.75 Å². The Hall–Kier alpha value is -3.22. The van der Waals surface area contributed by atoms with Crippen LogP contribution in [0.3, 0.4) is 0 Å². The number of hydrogen-bond acceptors (Lipinski definition) is 6. The molecular formula is C19H19N3O4. The van der Waals surface area contributed by atoms with E-state index in [2.05, 4.69) is 10.3 Å². The molecule has 0 aliphatic rings. The SMILES string of the molecule is CCOc1ccc(C(=O)COC(=O)c2ccc3c(c2)nnn3CC)cc1. The molecule has 0 unspecified atom stereocenters. The lowest BCUT2D eigenvalue weighted by Crippen LogP contribution is -2.14. The maximum atomic E-state index is 12.2. The van der Waals surface area contributed by atoms with Crippen molar-refractivity contribution < 1.29 is 19.1 Å². The lowest BCUT2D eigenvalue weighted by molar-refractivity contribution is 0.0475. The van der Waals surface area contributed by atoms with Gasteiger partial charge < -0.3 is 9.47 Å². The molecule has 0 aliphatic carbocycles. The van der Waals surface area contributed by atoms with Crippen LogP contribution in [0.4, 0.5) is 0 Å². The molecule has 0 fully saturated rings. The van der Waals surface area contributed by atoms with Gasteiger partial charge in [-0.05, 0) is 56.3 Å². The number of carbonyl (C=O) groups is 2. The Kier molecular flexibility index (Phi) is 5.26. The highest BCUT2D eigenvalue weighted by molar-refractivity contribution is 6.00. The van der Waals surface area contributed by atoms with E-state index in [4.69, 9.17) is 9.47 Å². The van der Waals surface area contributed by atoms with Gasteiger partial charge in [-0.1, -0.05) is 5.21 Å². The number of Topliss-reactive ketones (excluding diaryl/α,β-unsaturated/α-hetero) is 1. The number of ketones is 1. The monoisotopic (exact) mass is 353 g/mol. The number of aromatic nitrogens is 3. The Morgan fingerprint density at radius 1 is 1.04 bits per heavy atom. The lowest BCUT2D eigenvalue weighted by Gasteiger charge is -2.06. The average Bonchev–Trinajstić information content (AvgIpc) is 3.09. The normalized spacial score (nSPS) is 10.7. The third-order valence-electron chi connectivity index (χ3n) is 3.87. The summed E-state index contributed by atoms with van der Waals surface area (Å²) in [5.74, 6) is -0.161. The predicted molar refractivity (Wildman–Crippen MR) is 95.4 cm³/mol. The number of ether oxygens (including phenoxy) is 2. The van der Waals surface area contributed by atoms with Crippen molar-refractivity contribution in [2.75, 3.05) is 13.2 Å². The molecule has 7 nitrogen and oxygen atoms in total. The third-order valence-corrected chi connectivity index (χ3v) is 3.87. The molecule has 1 aromatic heterocycles. The predicted octanol–water partition coefficient (Wildman–Crippen LogP) is 2.89. The standard InChI is InChI=1S/C19H19N3O4/c1-3-22-17-10-7-14(11-16(17)20-21-22)19(24)26-12-18(23)13-5-8-15(9-6-13)25-4-2/h5-11H,3-4,12H2,1-2H3. The summed E-state index contributed by atoms with van der Waals surface area (Å²) in [5.41, 5.74) is 2.25. The molecule has 0 N–H and O–H groups in total. The minimum atomic E-state index is -0.572. The summed E-state index contributed by atoms with van der Waals surface area (Å²) in [6.07, 6.45) is 0. The topological polar surface area (TPSA) is 83.3 Å². The van der Waals surface area contributed by atoms with E-state index in [1.54, 1.807) is 47.1 Å². The number of hydrogen-bond donors (Lipinski definition) is 0. The van der Waals surface area contributed by atoms with Crippen LogP contribution in [0, 0.1) is 0 Å². The molecule has 0 saturated heterocycles. The molecule has 3 rings (SSSR count). The second-order valence-electron chi connectivity index (χ2n) is 5.57. The largest absolute Gasteiger partial charge is 0.494 e. The van der Waals surface area contributed by atoms with Crippen LogP contribution in [0.15, 0.2) is 42.5 Å². The van der Waals surface area contributed by atoms with E-state index in [1.807, 2.05) is 13.8 Å². The maximum absolute atomic E-state index is 12.2. The van der Waals surface area contributed by atoms with Gasteiger partial charge in [-0.3, -0.25) is 4.79 Å². The molecule has 0 radical (unpaired) electrons. The highest BCUT2D eigenvalue weighted by atomic mass is 16.5. The Balaban J connectivity index is 1.63. The summed E-state index contributed by atoms with van der Waals surface area (Å²) in [6, 6.07) is 11.7. The zero-order chi connectivity index (χ0) is 18.5. The Morgan fingerprint density at radius 2 is 1.77 bits per heavy atom. The van der Waals surface area contributed by atoms with Gasteiger partial charge in [0.1, 0.15) is 11.3 Å². The van der Waals surface area contributed by atoms with E-state index in [1.165, 1.54) is 0 Å². The zero-order valence-corrected chi connectivity index (χ0v) is 14.6. The summed E-state index contributed by atoms with van der Waals surface area (Å²) in [5, 5.41) is 8.02. The minimum absolute atomic E-state index is 0.278. The van der Waals surface area contributed by atoms with Crippen molar-refractivity contribution in [2.24, 2.45) is 0 Å². The van der Waals surface area contributed by atoms with Crippen LogP contribution in [0.25, 0.3) is 11.0 Å². The minimum Gasteiger partial charge on any atom is -0.494 e. The average molecular weight is 353 g/mol. The number of fused-ring (bicyclic) bond motifs is 1. The first-order valence-electron chi connectivity index (χ1n) is 8.38. The number of aryl methyl sites for hydroxylation is 1. The quantitative estimate of drug-likeness (QED) is 0.480. The molecule has 0 bridgehead atoms. The molecule has 26 heavy (non-hydrogen) atoms. The van der Waals surface area contributed by atoms with Gasteiger partial charge in [0.15, 0.2) is 12.4 Å². The molecule has 0 spiro atoms. The highest BCUT2D eigenvalue weighted by Gasteiger charge is 2.14. The Labute approximate surface area is 150 Å². The zero-order valence-electron chi connectivity index (χ0n) is 14.6. The van der Waals surface area contributed by atoms with Crippen LogP contribution in [0.1, 0.15) is 34.6 Å². The fourth-order valence-corrected chi connectivity index (χ4v) is 2.53. The van der Waals surface area contributed by atoms with Crippen molar-refractivity contribution in [3.8, 4) is 5.75 Å². The molecule has 0 amide bonds. The van der Waals surface area contributed by atoms with E-state index in [0.29, 0.717) is 35.5 Å². The summed E-state index contributed by atoms with van der Waals surface area (Å²) in [4.78, 5) is 24.4. The first kappa shape index (κ1) is 17.6. The van der Waals surface area contributed by atoms with Crippen LogP contribution in [0.2, 0.25) is 0 Å². The summed E-state index contributed by atoms with van der Waals surface area (Å²) in [6.45, 7) is 4.77. The number of benzene rings is 2. The van der Waals surface area contributed by atoms with Crippen molar-refractivity contribution in [3.63, 3.8) is 0 Å². The van der Waals surface area contributed by atoms with Crippen LogP contribution in [-0.2, 0) is 11.3 Å². The molecule has 2 aromatic carbocycles. The lowest BCUT2D eigenvalue weighted by atomic mass is 10.1. The van der Waals surface area contributed by atoms with Crippen LogP contribution < -0.4 is 4.74 Å². The molecule has 0 aliphatic heterocycles. The molecular weight excluding hydrogens is 334 g/mol. The molecule has 134 valence electrons. The Bertz CT molecular complexity index is 932.